The highest BCUT2D eigenvalue weighted by Crippen LogP contribution is 2.31. The number of hydrogen-bond acceptors (Lipinski definition) is 2. The molecule has 2 rings (SSSR count). The molecule has 2 N–H and O–H groups in total. The predicted molar refractivity (Wildman–Crippen MR) is 79.5 cm³/mol. The topological polar surface area (TPSA) is 35.2 Å². The zero-order valence-electron chi connectivity index (χ0n) is 12.0. The van der Waals surface area contributed by atoms with Crippen LogP contribution in [0.15, 0.2) is 42.5 Å². The number of nitrogens with two attached hydrogens (primary N) is 1. The van der Waals surface area contributed by atoms with Gasteiger partial charge in [-0.3, -0.25) is 0 Å². The van der Waals surface area contributed by atoms with Crippen LogP contribution in [0.5, 0.6) is 5.75 Å². The molecule has 2 aromatic carbocycles. The van der Waals surface area contributed by atoms with E-state index >= 15 is 0 Å². The molecule has 0 saturated heterocycles. The Morgan fingerprint density at radius 3 is 2.24 bits per heavy atom. The lowest BCUT2D eigenvalue weighted by atomic mass is 9.87. The molecule has 0 amide bonds. The fourth-order valence-corrected chi connectivity index (χ4v) is 2.41. The molecule has 0 saturated carbocycles. The van der Waals surface area contributed by atoms with E-state index in [1.807, 2.05) is 24.3 Å². The van der Waals surface area contributed by atoms with Crippen LogP contribution in [-0.2, 0) is 0 Å². The Morgan fingerprint density at radius 2 is 1.67 bits per heavy atom. The van der Waals surface area contributed by atoms with Crippen LogP contribution in [0.4, 0.5) is 8.78 Å². The molecule has 4 heteroatoms. The zero-order chi connectivity index (χ0) is 15.2. The SMILES string of the molecule is COc1ccc(C(CCCN)c2ccc(F)c(F)c2)cc1. The Labute approximate surface area is 123 Å². The van der Waals surface area contributed by atoms with Crippen molar-refractivity contribution in [2.45, 2.75) is 18.8 Å². The second-order valence-corrected chi connectivity index (χ2v) is 4.93. The van der Waals surface area contributed by atoms with Gasteiger partial charge in [0, 0.05) is 5.92 Å². The van der Waals surface area contributed by atoms with Gasteiger partial charge in [-0.15, -0.1) is 0 Å². The monoisotopic (exact) mass is 291 g/mol. The second-order valence-electron chi connectivity index (χ2n) is 4.93. The quantitative estimate of drug-likeness (QED) is 0.877. The van der Waals surface area contributed by atoms with Gasteiger partial charge in [0.1, 0.15) is 5.75 Å². The van der Waals surface area contributed by atoms with Crippen molar-refractivity contribution in [3.05, 3.63) is 65.2 Å². The van der Waals surface area contributed by atoms with E-state index in [-0.39, 0.29) is 5.92 Å². The first-order valence-electron chi connectivity index (χ1n) is 6.94. The van der Waals surface area contributed by atoms with E-state index in [1.54, 1.807) is 13.2 Å². The van der Waals surface area contributed by atoms with Crippen molar-refractivity contribution in [3.8, 4) is 5.75 Å². The van der Waals surface area contributed by atoms with E-state index in [4.69, 9.17) is 10.5 Å². The molecule has 2 aromatic rings. The molecule has 1 atom stereocenters. The molecule has 112 valence electrons. The molecular formula is C17H19F2NO. The average Bonchev–Trinajstić information content (AvgIpc) is 2.51. The number of rotatable bonds is 6. The Bertz CT molecular complexity index is 584. The Morgan fingerprint density at radius 1 is 1.00 bits per heavy atom. The van der Waals surface area contributed by atoms with Crippen molar-refractivity contribution in [2.24, 2.45) is 5.73 Å². The van der Waals surface area contributed by atoms with Crippen LogP contribution in [0.2, 0.25) is 0 Å². The third-order valence-electron chi connectivity index (χ3n) is 3.56. The fraction of sp³-hybridized carbons (Fsp3) is 0.294. The van der Waals surface area contributed by atoms with E-state index in [0.29, 0.717) is 6.54 Å². The highest BCUT2D eigenvalue weighted by atomic mass is 19.2. The van der Waals surface area contributed by atoms with Gasteiger partial charge in [0.25, 0.3) is 0 Å². The largest absolute Gasteiger partial charge is 0.497 e. The molecule has 2 nitrogen and oxygen atoms in total. The molecule has 0 aromatic heterocycles. The maximum absolute atomic E-state index is 13.5. The minimum absolute atomic E-state index is 0.00504. The zero-order valence-corrected chi connectivity index (χ0v) is 12.0. The minimum Gasteiger partial charge on any atom is -0.497 e. The standard InChI is InChI=1S/C17H19F2NO/c1-21-14-7-4-12(5-8-14)15(3-2-10-20)13-6-9-16(18)17(19)11-13/h4-9,11,15H,2-3,10,20H2,1H3. The summed E-state index contributed by atoms with van der Waals surface area (Å²) in [5, 5.41) is 0. The molecule has 0 aliphatic rings. The van der Waals surface area contributed by atoms with Gasteiger partial charge in [-0.1, -0.05) is 18.2 Å². The second kappa shape index (κ2) is 7.18. The summed E-state index contributed by atoms with van der Waals surface area (Å²) in [7, 11) is 1.61. The van der Waals surface area contributed by atoms with E-state index < -0.39 is 11.6 Å². The molecule has 1 unspecified atom stereocenters. The molecule has 0 spiro atoms. The third-order valence-corrected chi connectivity index (χ3v) is 3.56. The van der Waals surface area contributed by atoms with Gasteiger partial charge in [0.2, 0.25) is 0 Å². The van der Waals surface area contributed by atoms with Gasteiger partial charge < -0.3 is 10.5 Å². The predicted octanol–water partition coefficient (Wildman–Crippen LogP) is 3.84. The Balaban J connectivity index is 2.33. The average molecular weight is 291 g/mol. The van der Waals surface area contributed by atoms with Crippen LogP contribution >= 0.6 is 0 Å². The molecule has 0 aliphatic carbocycles. The molecule has 0 aliphatic heterocycles. The first-order chi connectivity index (χ1) is 10.2. The van der Waals surface area contributed by atoms with E-state index in [2.05, 4.69) is 0 Å². The first kappa shape index (κ1) is 15.4. The third kappa shape index (κ3) is 3.79. The summed E-state index contributed by atoms with van der Waals surface area (Å²) in [6, 6.07) is 11.7. The highest BCUT2D eigenvalue weighted by molar-refractivity contribution is 5.36. The van der Waals surface area contributed by atoms with Crippen molar-refractivity contribution in [2.75, 3.05) is 13.7 Å². The summed E-state index contributed by atoms with van der Waals surface area (Å²) in [6.07, 6.45) is 1.60. The Hall–Kier alpha value is -1.94. The number of hydrogen-bond donors (Lipinski definition) is 1. The molecule has 0 bridgehead atoms. The van der Waals surface area contributed by atoms with Crippen LogP contribution in [0, 0.1) is 11.6 Å². The van der Waals surface area contributed by atoms with Crippen molar-refractivity contribution in [3.63, 3.8) is 0 Å². The maximum atomic E-state index is 13.5. The van der Waals surface area contributed by atoms with Gasteiger partial charge >= 0.3 is 0 Å². The summed E-state index contributed by atoms with van der Waals surface area (Å²) < 4.78 is 31.7. The van der Waals surface area contributed by atoms with Gasteiger partial charge in [-0.2, -0.15) is 0 Å². The summed E-state index contributed by atoms with van der Waals surface area (Å²) in [5.74, 6) is -0.888. The Kier molecular flexibility index (Phi) is 5.28. The van der Waals surface area contributed by atoms with Crippen molar-refractivity contribution >= 4 is 0 Å². The van der Waals surface area contributed by atoms with Gasteiger partial charge in [-0.05, 0) is 54.8 Å². The highest BCUT2D eigenvalue weighted by Gasteiger charge is 2.16. The summed E-state index contributed by atoms with van der Waals surface area (Å²) >= 11 is 0. The lowest BCUT2D eigenvalue weighted by Crippen LogP contribution is -2.06. The number of halogens is 2. The van der Waals surface area contributed by atoms with E-state index in [0.717, 1.165) is 29.7 Å². The maximum Gasteiger partial charge on any atom is 0.159 e. The normalized spacial score (nSPS) is 12.2. The fourth-order valence-electron chi connectivity index (χ4n) is 2.41. The van der Waals surface area contributed by atoms with Gasteiger partial charge in [-0.25, -0.2) is 8.78 Å². The van der Waals surface area contributed by atoms with Crippen LogP contribution in [0.3, 0.4) is 0 Å². The molecule has 0 fully saturated rings. The molecule has 0 heterocycles. The number of methoxy groups -OCH3 is 1. The smallest absolute Gasteiger partial charge is 0.159 e. The molecular weight excluding hydrogens is 272 g/mol. The number of benzene rings is 2. The van der Waals surface area contributed by atoms with E-state index in [9.17, 15) is 8.78 Å². The first-order valence-corrected chi connectivity index (χ1v) is 6.94. The summed E-state index contributed by atoms with van der Waals surface area (Å²) in [6.45, 7) is 0.566. The van der Waals surface area contributed by atoms with Crippen LogP contribution in [0.1, 0.15) is 29.9 Å². The number of ether oxygens (including phenoxy) is 1. The summed E-state index contributed by atoms with van der Waals surface area (Å²) in [5.41, 5.74) is 7.37. The van der Waals surface area contributed by atoms with Crippen molar-refractivity contribution in [1.82, 2.24) is 0 Å². The van der Waals surface area contributed by atoms with Crippen molar-refractivity contribution < 1.29 is 13.5 Å². The molecule has 0 radical (unpaired) electrons. The lowest BCUT2D eigenvalue weighted by molar-refractivity contribution is 0.414. The van der Waals surface area contributed by atoms with Crippen molar-refractivity contribution in [1.29, 1.82) is 0 Å². The lowest BCUT2D eigenvalue weighted by Gasteiger charge is -2.18. The minimum atomic E-state index is -0.828. The van der Waals surface area contributed by atoms with Gasteiger partial charge in [0.05, 0.1) is 7.11 Å². The summed E-state index contributed by atoms with van der Waals surface area (Å²) in [4.78, 5) is 0. The van der Waals surface area contributed by atoms with Crippen LogP contribution < -0.4 is 10.5 Å². The van der Waals surface area contributed by atoms with E-state index in [1.165, 1.54) is 12.1 Å². The molecule has 21 heavy (non-hydrogen) atoms. The van der Waals surface area contributed by atoms with Gasteiger partial charge in [0.15, 0.2) is 11.6 Å². The van der Waals surface area contributed by atoms with Crippen LogP contribution in [-0.4, -0.2) is 13.7 Å². The van der Waals surface area contributed by atoms with Crippen LogP contribution in [0.25, 0.3) is 0 Å².